The molecule has 0 atom stereocenters. The molecule has 0 aromatic rings. The molecule has 1 heterocycles. The van der Waals surface area contributed by atoms with Crippen molar-refractivity contribution in [3.05, 3.63) is 11.1 Å². The lowest BCUT2D eigenvalue weighted by Crippen LogP contribution is -1.97. The number of allylic oxidation sites excluding steroid dienone is 1. The van der Waals surface area contributed by atoms with Gasteiger partial charge in [-0.25, -0.2) is 4.99 Å². The first-order valence-electron chi connectivity index (χ1n) is 2.23. The molecule has 0 radical (unpaired) electrons. The average molecular weight is 130 g/mol. The molecular weight excluding hydrogens is 126 g/mol. The second-order valence-electron chi connectivity index (χ2n) is 1.40. The summed E-state index contributed by atoms with van der Waals surface area (Å²) >= 11 is 5.36. The minimum atomic E-state index is -0.335. The van der Waals surface area contributed by atoms with Crippen molar-refractivity contribution in [2.45, 2.75) is 6.42 Å². The second kappa shape index (κ2) is 2.09. The first-order valence-corrected chi connectivity index (χ1v) is 2.61. The highest BCUT2D eigenvalue weighted by molar-refractivity contribution is 6.43. The number of carbonyl (C=O) groups excluding carboxylic acids is 1. The number of dihydropyridines is 1. The zero-order valence-corrected chi connectivity index (χ0v) is 4.85. The second-order valence-corrected chi connectivity index (χ2v) is 1.81. The van der Waals surface area contributed by atoms with Crippen molar-refractivity contribution in [3.8, 4) is 0 Å². The number of aliphatic imine (C=N–C) groups is 1. The van der Waals surface area contributed by atoms with E-state index in [9.17, 15) is 4.79 Å². The molecule has 0 saturated heterocycles. The standard InChI is InChI=1S/C5H4ClNO/c6-4-2-1-3-7-5(4)8/h2-3H,1H2. The summed E-state index contributed by atoms with van der Waals surface area (Å²) in [5.41, 5.74) is 0. The van der Waals surface area contributed by atoms with E-state index in [4.69, 9.17) is 11.6 Å². The quantitative estimate of drug-likeness (QED) is 0.482. The zero-order chi connectivity index (χ0) is 5.98. The molecule has 0 aliphatic carbocycles. The van der Waals surface area contributed by atoms with E-state index in [0.29, 0.717) is 6.42 Å². The fourth-order valence-corrected chi connectivity index (χ4v) is 0.579. The Labute approximate surface area is 51.9 Å². The molecule has 42 valence electrons. The average Bonchev–Trinajstić information content (AvgIpc) is 1.77. The van der Waals surface area contributed by atoms with Crippen LogP contribution in [0.15, 0.2) is 16.1 Å². The summed E-state index contributed by atoms with van der Waals surface area (Å²) in [6.45, 7) is 0. The van der Waals surface area contributed by atoms with E-state index >= 15 is 0 Å². The maximum absolute atomic E-state index is 10.4. The van der Waals surface area contributed by atoms with E-state index in [1.807, 2.05) is 0 Å². The normalized spacial score (nSPS) is 18.6. The third-order valence-corrected chi connectivity index (χ3v) is 1.13. The maximum Gasteiger partial charge on any atom is 0.287 e. The Hall–Kier alpha value is -0.630. The van der Waals surface area contributed by atoms with Crippen molar-refractivity contribution in [1.82, 2.24) is 0 Å². The Morgan fingerprint density at radius 2 is 2.50 bits per heavy atom. The van der Waals surface area contributed by atoms with Gasteiger partial charge in [0.1, 0.15) is 5.03 Å². The van der Waals surface area contributed by atoms with Gasteiger partial charge < -0.3 is 0 Å². The molecule has 0 bridgehead atoms. The Kier molecular flexibility index (Phi) is 1.44. The number of amides is 1. The van der Waals surface area contributed by atoms with Gasteiger partial charge >= 0.3 is 0 Å². The molecule has 0 unspecified atom stereocenters. The predicted molar refractivity (Wildman–Crippen MR) is 32.1 cm³/mol. The number of nitrogens with zero attached hydrogens (tertiary/aromatic N) is 1. The lowest BCUT2D eigenvalue weighted by molar-refractivity contribution is -0.113. The number of hydrogen-bond donors (Lipinski definition) is 0. The molecule has 8 heavy (non-hydrogen) atoms. The van der Waals surface area contributed by atoms with Crippen molar-refractivity contribution < 1.29 is 4.79 Å². The smallest absolute Gasteiger partial charge is 0.266 e. The molecule has 0 fully saturated rings. The van der Waals surface area contributed by atoms with Crippen LogP contribution in [0.2, 0.25) is 0 Å². The molecule has 0 aromatic heterocycles. The lowest BCUT2D eigenvalue weighted by atomic mass is 10.3. The van der Waals surface area contributed by atoms with Crippen LogP contribution in [0.5, 0.6) is 0 Å². The number of halogens is 1. The van der Waals surface area contributed by atoms with E-state index in [1.54, 1.807) is 6.08 Å². The van der Waals surface area contributed by atoms with Gasteiger partial charge in [0.05, 0.1) is 0 Å². The zero-order valence-electron chi connectivity index (χ0n) is 4.10. The van der Waals surface area contributed by atoms with E-state index in [0.717, 1.165) is 0 Å². The molecule has 1 aliphatic heterocycles. The first kappa shape index (κ1) is 5.51. The number of carbonyl (C=O) groups is 1. The fourth-order valence-electron chi connectivity index (χ4n) is 0.441. The summed E-state index contributed by atoms with van der Waals surface area (Å²) in [7, 11) is 0. The monoisotopic (exact) mass is 129 g/mol. The van der Waals surface area contributed by atoms with Gasteiger partial charge in [-0.2, -0.15) is 0 Å². The van der Waals surface area contributed by atoms with Gasteiger partial charge in [0.2, 0.25) is 0 Å². The van der Waals surface area contributed by atoms with Crippen molar-refractivity contribution in [2.75, 3.05) is 0 Å². The van der Waals surface area contributed by atoms with Crippen LogP contribution in [0.1, 0.15) is 6.42 Å². The van der Waals surface area contributed by atoms with Gasteiger partial charge in [-0.15, -0.1) is 0 Å². The van der Waals surface area contributed by atoms with Crippen LogP contribution < -0.4 is 0 Å². The Morgan fingerprint density at radius 1 is 1.75 bits per heavy atom. The van der Waals surface area contributed by atoms with Gasteiger partial charge in [-0.1, -0.05) is 17.7 Å². The topological polar surface area (TPSA) is 29.4 Å². The molecule has 1 amide bonds. The van der Waals surface area contributed by atoms with Crippen LogP contribution in [-0.4, -0.2) is 12.1 Å². The highest BCUT2D eigenvalue weighted by Gasteiger charge is 2.04. The van der Waals surface area contributed by atoms with Gasteiger partial charge in [0.15, 0.2) is 0 Å². The maximum atomic E-state index is 10.4. The molecule has 1 aliphatic rings. The number of rotatable bonds is 0. The molecule has 3 heteroatoms. The van der Waals surface area contributed by atoms with Crippen LogP contribution in [0.25, 0.3) is 0 Å². The summed E-state index contributed by atoms with van der Waals surface area (Å²) in [6.07, 6.45) is 3.84. The minimum Gasteiger partial charge on any atom is -0.266 e. The summed E-state index contributed by atoms with van der Waals surface area (Å²) in [6, 6.07) is 0. The Bertz CT molecular complexity index is 171. The van der Waals surface area contributed by atoms with E-state index < -0.39 is 0 Å². The van der Waals surface area contributed by atoms with Crippen LogP contribution in [0.4, 0.5) is 0 Å². The SMILES string of the molecule is O=C1N=CCC=C1Cl. The van der Waals surface area contributed by atoms with Gasteiger partial charge in [-0.3, -0.25) is 4.79 Å². The number of hydrogen-bond acceptors (Lipinski definition) is 1. The highest BCUT2D eigenvalue weighted by atomic mass is 35.5. The van der Waals surface area contributed by atoms with Gasteiger partial charge in [0, 0.05) is 12.6 Å². The summed E-state index contributed by atoms with van der Waals surface area (Å²) in [5.74, 6) is -0.335. The molecule has 0 spiro atoms. The molecule has 0 aromatic carbocycles. The van der Waals surface area contributed by atoms with Gasteiger partial charge in [-0.05, 0) is 0 Å². The molecule has 0 N–H and O–H groups in total. The van der Waals surface area contributed by atoms with Gasteiger partial charge in [0.25, 0.3) is 5.91 Å². The lowest BCUT2D eigenvalue weighted by Gasteiger charge is -1.94. The van der Waals surface area contributed by atoms with Crippen molar-refractivity contribution in [1.29, 1.82) is 0 Å². The van der Waals surface area contributed by atoms with E-state index in [2.05, 4.69) is 4.99 Å². The van der Waals surface area contributed by atoms with Crippen molar-refractivity contribution in [3.63, 3.8) is 0 Å². The summed E-state index contributed by atoms with van der Waals surface area (Å²) in [5, 5.41) is 0.229. The predicted octanol–water partition coefficient (Wildman–Crippen LogP) is 1.11. The Morgan fingerprint density at radius 3 is 2.88 bits per heavy atom. The van der Waals surface area contributed by atoms with Crippen LogP contribution in [-0.2, 0) is 4.79 Å². The van der Waals surface area contributed by atoms with Crippen LogP contribution >= 0.6 is 11.6 Å². The summed E-state index contributed by atoms with van der Waals surface area (Å²) in [4.78, 5) is 13.8. The van der Waals surface area contributed by atoms with E-state index in [1.165, 1.54) is 6.21 Å². The first-order chi connectivity index (χ1) is 3.80. The van der Waals surface area contributed by atoms with E-state index in [-0.39, 0.29) is 10.9 Å². The summed E-state index contributed by atoms with van der Waals surface area (Å²) < 4.78 is 0. The molecular formula is C5H4ClNO. The largest absolute Gasteiger partial charge is 0.287 e. The molecule has 1 rings (SSSR count). The minimum absolute atomic E-state index is 0.229. The third-order valence-electron chi connectivity index (χ3n) is 0.815. The fraction of sp³-hybridized carbons (Fsp3) is 0.200. The highest BCUT2D eigenvalue weighted by Crippen LogP contribution is 2.07. The molecule has 2 nitrogen and oxygen atoms in total. The van der Waals surface area contributed by atoms with Crippen molar-refractivity contribution in [2.24, 2.45) is 4.99 Å². The molecule has 0 saturated carbocycles. The van der Waals surface area contributed by atoms with Crippen molar-refractivity contribution >= 4 is 23.7 Å². The Balaban J connectivity index is 2.78. The van der Waals surface area contributed by atoms with Crippen LogP contribution in [0, 0.1) is 0 Å². The van der Waals surface area contributed by atoms with Crippen LogP contribution in [0.3, 0.4) is 0 Å². The third kappa shape index (κ3) is 0.954.